The molecule has 1 aromatic carbocycles. The van der Waals surface area contributed by atoms with Crippen molar-refractivity contribution < 1.29 is 14.3 Å². The first-order chi connectivity index (χ1) is 13.8. The average Bonchev–Trinajstić information content (AvgIpc) is 2.77. The molecule has 0 saturated carbocycles. The van der Waals surface area contributed by atoms with Crippen LogP contribution >= 0.6 is 0 Å². The van der Waals surface area contributed by atoms with Gasteiger partial charge >= 0.3 is 0 Å². The van der Waals surface area contributed by atoms with Crippen molar-refractivity contribution in [1.82, 2.24) is 19.9 Å². The number of para-hydroxylation sites is 1. The summed E-state index contributed by atoms with van der Waals surface area (Å²) >= 11 is 0. The second kappa shape index (κ2) is 8.58. The molecule has 1 aliphatic rings. The Morgan fingerprint density at radius 3 is 2.96 bits per heavy atom. The monoisotopic (exact) mass is 376 g/mol. The van der Waals surface area contributed by atoms with Crippen molar-refractivity contribution >= 4 is 22.9 Å². The Morgan fingerprint density at radius 2 is 2.07 bits per heavy atom. The predicted molar refractivity (Wildman–Crippen MR) is 105 cm³/mol. The minimum Gasteiger partial charge on any atom is -0.474 e. The Kier molecular flexibility index (Phi) is 5.53. The van der Waals surface area contributed by atoms with Gasteiger partial charge in [0.1, 0.15) is 19.0 Å². The molecule has 0 aliphatic carbocycles. The summed E-state index contributed by atoms with van der Waals surface area (Å²) < 4.78 is 11.6. The minimum atomic E-state index is -0.213. The molecular formula is C21H20N4O3. The van der Waals surface area contributed by atoms with E-state index in [-0.39, 0.29) is 12.0 Å². The number of rotatable bonds is 5. The third kappa shape index (κ3) is 4.32. The summed E-state index contributed by atoms with van der Waals surface area (Å²) in [6.07, 6.45) is 6.23. The van der Waals surface area contributed by atoms with E-state index in [0.717, 1.165) is 16.6 Å². The lowest BCUT2D eigenvalue weighted by Gasteiger charge is -2.32. The van der Waals surface area contributed by atoms with Crippen LogP contribution in [0.2, 0.25) is 0 Å². The van der Waals surface area contributed by atoms with E-state index in [2.05, 4.69) is 15.0 Å². The smallest absolute Gasteiger partial charge is 0.246 e. The van der Waals surface area contributed by atoms with Crippen molar-refractivity contribution in [2.75, 3.05) is 26.3 Å². The number of ether oxygens (including phenoxy) is 2. The van der Waals surface area contributed by atoms with Crippen LogP contribution < -0.4 is 4.74 Å². The highest BCUT2D eigenvalue weighted by Crippen LogP contribution is 2.21. The molecule has 0 spiro atoms. The van der Waals surface area contributed by atoms with Crippen LogP contribution in [0.15, 0.2) is 61.1 Å². The number of carbonyl (C=O) groups excluding carboxylic acids is 1. The van der Waals surface area contributed by atoms with Crippen LogP contribution in [0.4, 0.5) is 0 Å². The van der Waals surface area contributed by atoms with E-state index < -0.39 is 0 Å². The number of hydrogen-bond donors (Lipinski definition) is 0. The maximum Gasteiger partial charge on any atom is 0.246 e. The molecule has 1 unspecified atom stereocenters. The van der Waals surface area contributed by atoms with Gasteiger partial charge in [0.2, 0.25) is 11.8 Å². The molecule has 1 amide bonds. The second-order valence-corrected chi connectivity index (χ2v) is 6.37. The second-order valence-electron chi connectivity index (χ2n) is 6.37. The van der Waals surface area contributed by atoms with Gasteiger partial charge in [0.25, 0.3) is 0 Å². The fourth-order valence-corrected chi connectivity index (χ4v) is 3.02. The molecule has 1 aliphatic heterocycles. The summed E-state index contributed by atoms with van der Waals surface area (Å²) in [6.45, 7) is 1.81. The summed E-state index contributed by atoms with van der Waals surface area (Å²) in [4.78, 5) is 26.9. The van der Waals surface area contributed by atoms with E-state index in [0.29, 0.717) is 32.2 Å². The largest absolute Gasteiger partial charge is 0.474 e. The van der Waals surface area contributed by atoms with Gasteiger partial charge in [-0.05, 0) is 30.3 Å². The Bertz CT molecular complexity index is 972. The van der Waals surface area contributed by atoms with Crippen molar-refractivity contribution in [3.63, 3.8) is 0 Å². The number of carbonyl (C=O) groups is 1. The summed E-state index contributed by atoms with van der Waals surface area (Å²) in [5.74, 6) is 0.458. The van der Waals surface area contributed by atoms with Gasteiger partial charge in [0, 0.05) is 18.8 Å². The van der Waals surface area contributed by atoms with Gasteiger partial charge in [0.15, 0.2) is 0 Å². The molecule has 1 saturated heterocycles. The molecule has 2 aromatic heterocycles. The quantitative estimate of drug-likeness (QED) is 0.636. The number of pyridine rings is 1. The van der Waals surface area contributed by atoms with Crippen LogP contribution in [-0.2, 0) is 9.53 Å². The fraction of sp³-hybridized carbons (Fsp3) is 0.238. The highest BCUT2D eigenvalue weighted by molar-refractivity contribution is 5.91. The van der Waals surface area contributed by atoms with Gasteiger partial charge in [-0.2, -0.15) is 0 Å². The summed E-state index contributed by atoms with van der Waals surface area (Å²) in [6, 6.07) is 13.3. The maximum atomic E-state index is 12.5. The van der Waals surface area contributed by atoms with Crippen LogP contribution in [0.3, 0.4) is 0 Å². The zero-order valence-corrected chi connectivity index (χ0v) is 15.3. The Labute approximate surface area is 162 Å². The molecule has 1 fully saturated rings. The number of aromatic nitrogens is 3. The van der Waals surface area contributed by atoms with Gasteiger partial charge in [0.05, 0.1) is 29.7 Å². The van der Waals surface area contributed by atoms with Gasteiger partial charge in [-0.1, -0.05) is 18.2 Å². The lowest BCUT2D eigenvalue weighted by Crippen LogP contribution is -2.47. The Balaban J connectivity index is 1.36. The topological polar surface area (TPSA) is 77.4 Å². The van der Waals surface area contributed by atoms with E-state index in [1.165, 1.54) is 6.33 Å². The standard InChI is InChI=1S/C21H20N4O3/c26-20(9-8-16-5-3-4-10-22-16)25-11-12-27-17(13-25)14-28-21-18-6-1-2-7-19(18)23-15-24-21/h1-10,15,17H,11-14H2. The van der Waals surface area contributed by atoms with Crippen molar-refractivity contribution in [2.45, 2.75) is 6.10 Å². The third-order valence-electron chi connectivity index (χ3n) is 4.45. The number of nitrogens with zero attached hydrogens (tertiary/aromatic N) is 4. The van der Waals surface area contributed by atoms with Crippen molar-refractivity contribution in [1.29, 1.82) is 0 Å². The molecule has 0 bridgehead atoms. The highest BCUT2D eigenvalue weighted by atomic mass is 16.5. The molecule has 0 N–H and O–H groups in total. The highest BCUT2D eigenvalue weighted by Gasteiger charge is 2.24. The first kappa shape index (κ1) is 18.1. The van der Waals surface area contributed by atoms with Crippen LogP contribution in [0.25, 0.3) is 17.0 Å². The maximum absolute atomic E-state index is 12.5. The Hall–Kier alpha value is -3.32. The number of amides is 1. The molecule has 142 valence electrons. The Morgan fingerprint density at radius 1 is 1.18 bits per heavy atom. The molecule has 7 heteroatoms. The fourth-order valence-electron chi connectivity index (χ4n) is 3.02. The van der Waals surface area contributed by atoms with Gasteiger partial charge in [-0.25, -0.2) is 9.97 Å². The average molecular weight is 376 g/mol. The van der Waals surface area contributed by atoms with Gasteiger partial charge < -0.3 is 14.4 Å². The lowest BCUT2D eigenvalue weighted by atomic mass is 10.2. The van der Waals surface area contributed by atoms with Crippen LogP contribution in [0.1, 0.15) is 5.69 Å². The minimum absolute atomic E-state index is 0.0635. The molecule has 3 heterocycles. The van der Waals surface area contributed by atoms with E-state index in [1.807, 2.05) is 42.5 Å². The molecule has 0 radical (unpaired) electrons. The molecule has 7 nitrogen and oxygen atoms in total. The van der Waals surface area contributed by atoms with E-state index in [1.54, 1.807) is 23.2 Å². The van der Waals surface area contributed by atoms with Gasteiger partial charge in [-0.15, -0.1) is 0 Å². The lowest BCUT2D eigenvalue weighted by molar-refractivity contribution is -0.134. The number of benzene rings is 1. The van der Waals surface area contributed by atoms with Crippen molar-refractivity contribution in [2.24, 2.45) is 0 Å². The molecule has 1 atom stereocenters. The van der Waals surface area contributed by atoms with Crippen LogP contribution in [-0.4, -0.2) is 58.2 Å². The molecule has 3 aromatic rings. The van der Waals surface area contributed by atoms with Crippen molar-refractivity contribution in [3.05, 3.63) is 66.8 Å². The number of hydrogen-bond acceptors (Lipinski definition) is 6. The van der Waals surface area contributed by atoms with E-state index in [4.69, 9.17) is 9.47 Å². The summed E-state index contributed by atoms with van der Waals surface area (Å²) in [5, 5.41) is 0.854. The zero-order chi connectivity index (χ0) is 19.2. The summed E-state index contributed by atoms with van der Waals surface area (Å²) in [5.41, 5.74) is 1.58. The zero-order valence-electron chi connectivity index (χ0n) is 15.3. The first-order valence-electron chi connectivity index (χ1n) is 9.12. The normalized spacial score (nSPS) is 17.1. The van der Waals surface area contributed by atoms with Gasteiger partial charge in [-0.3, -0.25) is 9.78 Å². The first-order valence-corrected chi connectivity index (χ1v) is 9.12. The van der Waals surface area contributed by atoms with Crippen LogP contribution in [0.5, 0.6) is 5.88 Å². The number of fused-ring (bicyclic) bond motifs is 1. The van der Waals surface area contributed by atoms with E-state index >= 15 is 0 Å². The predicted octanol–water partition coefficient (Wildman–Crippen LogP) is 2.34. The van der Waals surface area contributed by atoms with Crippen LogP contribution in [0, 0.1) is 0 Å². The number of morpholine rings is 1. The molecule has 4 rings (SSSR count). The van der Waals surface area contributed by atoms with E-state index in [9.17, 15) is 4.79 Å². The molecular weight excluding hydrogens is 356 g/mol. The summed E-state index contributed by atoms with van der Waals surface area (Å²) in [7, 11) is 0. The molecule has 28 heavy (non-hydrogen) atoms. The third-order valence-corrected chi connectivity index (χ3v) is 4.45. The SMILES string of the molecule is O=C(C=Cc1ccccn1)N1CCOC(COc2ncnc3ccccc23)C1. The van der Waals surface area contributed by atoms with Crippen molar-refractivity contribution in [3.8, 4) is 5.88 Å².